The van der Waals surface area contributed by atoms with Gasteiger partial charge in [-0.2, -0.15) is 0 Å². The number of primary amides is 1. The predicted octanol–water partition coefficient (Wildman–Crippen LogP) is 0.00610. The zero-order chi connectivity index (χ0) is 12.6. The number of allylic oxidation sites excluding steroid dienone is 2. The summed E-state index contributed by atoms with van der Waals surface area (Å²) in [6, 6.07) is 0. The Kier molecular flexibility index (Phi) is 3.44. The summed E-state index contributed by atoms with van der Waals surface area (Å²) in [7, 11) is 0. The van der Waals surface area contributed by atoms with Gasteiger partial charge >= 0.3 is 5.97 Å². The lowest BCUT2D eigenvalue weighted by Gasteiger charge is -2.13. The van der Waals surface area contributed by atoms with E-state index in [-0.39, 0.29) is 0 Å². The van der Waals surface area contributed by atoms with Crippen LogP contribution in [-0.4, -0.2) is 28.5 Å². The van der Waals surface area contributed by atoms with Crippen LogP contribution in [0.15, 0.2) is 20.1 Å². The van der Waals surface area contributed by atoms with E-state index in [9.17, 15) is 19.2 Å². The zero-order valence-corrected chi connectivity index (χ0v) is 10.6. The van der Waals surface area contributed by atoms with Crippen LogP contribution in [-0.2, 0) is 19.2 Å². The third-order valence-corrected chi connectivity index (χ3v) is 3.27. The van der Waals surface area contributed by atoms with Gasteiger partial charge in [-0.25, -0.2) is 4.79 Å². The Morgan fingerprint density at radius 3 is 1.75 bits per heavy atom. The molecule has 0 aliphatic heterocycles. The lowest BCUT2D eigenvalue weighted by atomic mass is 9.96. The standard InChI is InChI=1S/C8H3Br2NO5/c9-3-1(7(11)14)5(12)4(10)2(6(3)13)8(15)16/h(H2,11,14)(H,15,16). The Bertz CT molecular complexity index is 457. The third kappa shape index (κ3) is 1.85. The third-order valence-electron chi connectivity index (χ3n) is 1.75. The molecular formula is C8H3Br2NO5. The van der Waals surface area contributed by atoms with E-state index in [1.165, 1.54) is 0 Å². The van der Waals surface area contributed by atoms with Crippen LogP contribution in [0, 0.1) is 0 Å². The molecule has 0 saturated carbocycles. The fourth-order valence-corrected chi connectivity index (χ4v) is 2.18. The first-order chi connectivity index (χ1) is 7.29. The second-order valence-electron chi connectivity index (χ2n) is 2.71. The van der Waals surface area contributed by atoms with E-state index in [4.69, 9.17) is 10.8 Å². The molecule has 1 amide bonds. The number of carboxylic acid groups (broad SMARTS) is 1. The average Bonchev–Trinajstić information content (AvgIpc) is 2.14. The molecule has 3 N–H and O–H groups in total. The summed E-state index contributed by atoms with van der Waals surface area (Å²) in [5, 5.41) is 8.72. The van der Waals surface area contributed by atoms with Gasteiger partial charge in [0.15, 0.2) is 0 Å². The molecule has 1 rings (SSSR count). The van der Waals surface area contributed by atoms with Crippen LogP contribution < -0.4 is 5.73 Å². The molecule has 0 aromatic rings. The summed E-state index contributed by atoms with van der Waals surface area (Å²) < 4.78 is -0.924. The fourth-order valence-electron chi connectivity index (χ4n) is 1.06. The van der Waals surface area contributed by atoms with Gasteiger partial charge in [-0.15, -0.1) is 0 Å². The summed E-state index contributed by atoms with van der Waals surface area (Å²) >= 11 is 5.35. The molecule has 16 heavy (non-hydrogen) atoms. The maximum atomic E-state index is 11.5. The number of nitrogens with two attached hydrogens (primary N) is 1. The van der Waals surface area contributed by atoms with Gasteiger partial charge in [0.1, 0.15) is 11.1 Å². The topological polar surface area (TPSA) is 115 Å². The average molecular weight is 353 g/mol. The molecule has 1 aliphatic carbocycles. The zero-order valence-electron chi connectivity index (χ0n) is 7.41. The van der Waals surface area contributed by atoms with E-state index in [0.717, 1.165) is 0 Å². The quantitative estimate of drug-likeness (QED) is 0.536. The molecule has 0 saturated heterocycles. The SMILES string of the molecule is NC(=O)C1=C(Br)C(=O)C(C(=O)O)=C(Br)C1=O. The maximum absolute atomic E-state index is 11.5. The Morgan fingerprint density at radius 2 is 1.38 bits per heavy atom. The van der Waals surface area contributed by atoms with Gasteiger partial charge in [0.05, 0.1) is 8.96 Å². The van der Waals surface area contributed by atoms with Crippen molar-refractivity contribution in [2.75, 3.05) is 0 Å². The highest BCUT2D eigenvalue weighted by Gasteiger charge is 2.38. The maximum Gasteiger partial charge on any atom is 0.341 e. The summed E-state index contributed by atoms with van der Waals surface area (Å²) in [6.45, 7) is 0. The van der Waals surface area contributed by atoms with E-state index in [0.29, 0.717) is 0 Å². The van der Waals surface area contributed by atoms with Crippen molar-refractivity contribution in [3.8, 4) is 0 Å². The van der Waals surface area contributed by atoms with Crippen molar-refractivity contribution in [3.63, 3.8) is 0 Å². The van der Waals surface area contributed by atoms with Crippen LogP contribution in [0.1, 0.15) is 0 Å². The molecule has 0 aromatic heterocycles. The van der Waals surface area contributed by atoms with E-state index in [1.54, 1.807) is 0 Å². The normalized spacial score (nSPS) is 16.9. The van der Waals surface area contributed by atoms with Crippen LogP contribution in [0.25, 0.3) is 0 Å². The minimum Gasteiger partial charge on any atom is -0.478 e. The van der Waals surface area contributed by atoms with Crippen LogP contribution in [0.2, 0.25) is 0 Å². The van der Waals surface area contributed by atoms with Gasteiger partial charge in [0.2, 0.25) is 11.6 Å². The molecule has 0 heterocycles. The lowest BCUT2D eigenvalue weighted by Crippen LogP contribution is -2.30. The fraction of sp³-hybridized carbons (Fsp3) is 0. The van der Waals surface area contributed by atoms with Gasteiger partial charge in [0.25, 0.3) is 5.91 Å². The Morgan fingerprint density at radius 1 is 1.00 bits per heavy atom. The van der Waals surface area contributed by atoms with Gasteiger partial charge in [-0.3, -0.25) is 14.4 Å². The van der Waals surface area contributed by atoms with E-state index in [2.05, 4.69) is 31.9 Å². The number of hydrogen-bond acceptors (Lipinski definition) is 4. The van der Waals surface area contributed by atoms with Crippen LogP contribution in [0.5, 0.6) is 0 Å². The number of halogens is 2. The largest absolute Gasteiger partial charge is 0.478 e. The Balaban J connectivity index is 3.49. The first kappa shape index (κ1) is 12.8. The van der Waals surface area contributed by atoms with Crippen molar-refractivity contribution in [2.24, 2.45) is 5.73 Å². The molecule has 0 atom stereocenters. The van der Waals surface area contributed by atoms with Crippen molar-refractivity contribution in [1.82, 2.24) is 0 Å². The predicted molar refractivity (Wildman–Crippen MR) is 58.8 cm³/mol. The highest BCUT2D eigenvalue weighted by atomic mass is 79.9. The van der Waals surface area contributed by atoms with Crippen molar-refractivity contribution < 1.29 is 24.3 Å². The molecule has 8 heteroatoms. The number of carbonyl (C=O) groups is 4. The number of carboxylic acids is 1. The van der Waals surface area contributed by atoms with Crippen LogP contribution in [0.3, 0.4) is 0 Å². The Labute approximate surface area is 105 Å². The smallest absolute Gasteiger partial charge is 0.341 e. The summed E-state index contributed by atoms with van der Waals surface area (Å²) in [5.41, 5.74) is 3.60. The minimum atomic E-state index is -1.56. The van der Waals surface area contributed by atoms with Crippen molar-refractivity contribution in [2.45, 2.75) is 0 Å². The van der Waals surface area contributed by atoms with E-state index >= 15 is 0 Å². The first-order valence-corrected chi connectivity index (χ1v) is 5.29. The highest BCUT2D eigenvalue weighted by Crippen LogP contribution is 2.31. The first-order valence-electron chi connectivity index (χ1n) is 3.71. The summed E-state index contributed by atoms with van der Waals surface area (Å²) in [6.07, 6.45) is 0. The Hall–Kier alpha value is -1.28. The van der Waals surface area contributed by atoms with Crippen molar-refractivity contribution >= 4 is 55.3 Å². The molecule has 0 bridgehead atoms. The van der Waals surface area contributed by atoms with Crippen molar-refractivity contribution in [1.29, 1.82) is 0 Å². The second-order valence-corrected chi connectivity index (χ2v) is 4.29. The molecule has 6 nitrogen and oxygen atoms in total. The molecule has 84 valence electrons. The number of ketones is 2. The molecular weight excluding hydrogens is 350 g/mol. The molecule has 0 spiro atoms. The summed E-state index contributed by atoms with van der Waals surface area (Å²) in [5.74, 6) is -4.58. The molecule has 0 aromatic carbocycles. The minimum absolute atomic E-state index is 0.439. The number of rotatable bonds is 2. The monoisotopic (exact) mass is 351 g/mol. The highest BCUT2D eigenvalue weighted by molar-refractivity contribution is 9.12. The van der Waals surface area contributed by atoms with E-state index in [1.807, 2.05) is 0 Å². The molecule has 1 aliphatic rings. The van der Waals surface area contributed by atoms with Gasteiger partial charge in [0, 0.05) is 0 Å². The molecule has 0 radical (unpaired) electrons. The molecule has 0 unspecified atom stereocenters. The number of Topliss-reactive ketones (excluding diaryl/α,β-unsaturated/α-hetero) is 2. The summed E-state index contributed by atoms with van der Waals surface area (Å²) in [4.78, 5) is 44.7. The lowest BCUT2D eigenvalue weighted by molar-refractivity contribution is -0.135. The number of hydrogen-bond donors (Lipinski definition) is 2. The van der Waals surface area contributed by atoms with Gasteiger partial charge < -0.3 is 10.8 Å². The van der Waals surface area contributed by atoms with Gasteiger partial charge in [-0.1, -0.05) is 0 Å². The van der Waals surface area contributed by atoms with Crippen molar-refractivity contribution in [3.05, 3.63) is 20.1 Å². The van der Waals surface area contributed by atoms with Crippen LogP contribution in [0.4, 0.5) is 0 Å². The number of carbonyl (C=O) groups excluding carboxylic acids is 3. The molecule has 0 fully saturated rings. The number of amides is 1. The number of aliphatic carboxylic acids is 1. The van der Waals surface area contributed by atoms with E-state index < -0.39 is 43.6 Å². The van der Waals surface area contributed by atoms with Crippen LogP contribution >= 0.6 is 31.9 Å². The van der Waals surface area contributed by atoms with Gasteiger partial charge in [-0.05, 0) is 31.9 Å². The second kappa shape index (κ2) is 4.30.